The monoisotopic (exact) mass is 216 g/mol. The first-order valence-corrected chi connectivity index (χ1v) is 4.23. The van der Waals surface area contributed by atoms with Gasteiger partial charge in [-0.2, -0.15) is 8.78 Å². The van der Waals surface area contributed by atoms with Crippen molar-refractivity contribution in [3.63, 3.8) is 0 Å². The molecule has 13 heavy (non-hydrogen) atoms. The third-order valence-electron chi connectivity index (χ3n) is 1.00. The Morgan fingerprint density at radius 3 is 1.62 bits per heavy atom. The van der Waals surface area contributed by atoms with Crippen molar-refractivity contribution in [1.29, 1.82) is 0 Å². The first kappa shape index (κ1) is 15.7. The van der Waals surface area contributed by atoms with Gasteiger partial charge < -0.3 is 4.55 Å². The van der Waals surface area contributed by atoms with E-state index in [2.05, 4.69) is 0 Å². The van der Waals surface area contributed by atoms with E-state index >= 15 is 0 Å². The summed E-state index contributed by atoms with van der Waals surface area (Å²) in [5.74, 6) is -11.7. The number of hydrogen-bond acceptors (Lipinski definition) is 3. The molecule has 0 N–H and O–H groups in total. The van der Waals surface area contributed by atoms with Crippen molar-refractivity contribution < 1.29 is 49.4 Å². The second kappa shape index (κ2) is 4.17. The maximum Gasteiger partial charge on any atom is 1.00 e. The van der Waals surface area contributed by atoms with Gasteiger partial charge in [-0.25, -0.2) is 17.2 Å². The molecule has 0 atom stereocenters. The van der Waals surface area contributed by atoms with Crippen LogP contribution < -0.4 is 18.9 Å². The van der Waals surface area contributed by atoms with Gasteiger partial charge in [0, 0.05) is 6.92 Å². The second-order valence-corrected chi connectivity index (χ2v) is 3.70. The molecule has 0 spiro atoms. The van der Waals surface area contributed by atoms with Crippen LogP contribution in [0.3, 0.4) is 0 Å². The van der Waals surface area contributed by atoms with Gasteiger partial charge >= 0.3 is 30.7 Å². The second-order valence-electron chi connectivity index (χ2n) is 2.29. The molecule has 0 amide bonds. The van der Waals surface area contributed by atoms with E-state index in [-0.39, 0.29) is 25.8 Å². The molecule has 0 bridgehead atoms. The Balaban J connectivity index is 0. The van der Waals surface area contributed by atoms with Crippen molar-refractivity contribution in [3.8, 4) is 0 Å². The number of rotatable bonds is 3. The molecule has 0 radical (unpaired) electrons. The van der Waals surface area contributed by atoms with E-state index in [0.29, 0.717) is 0 Å². The van der Waals surface area contributed by atoms with Gasteiger partial charge in [-0.15, -0.1) is 0 Å². The van der Waals surface area contributed by atoms with E-state index in [9.17, 15) is 30.5 Å². The van der Waals surface area contributed by atoms with Gasteiger partial charge in [0.25, 0.3) is 0 Å². The number of hydrogen-bond donors (Lipinski definition) is 0. The molecule has 3 nitrogen and oxygen atoms in total. The SMILES string of the molecule is CC(F)(F)C(F)(F)CS(=O)(=O)[O-].[Li+]. The summed E-state index contributed by atoms with van der Waals surface area (Å²) in [5.41, 5.74) is 0. The van der Waals surface area contributed by atoms with E-state index in [1.165, 1.54) is 0 Å². The minimum Gasteiger partial charge on any atom is -0.748 e. The van der Waals surface area contributed by atoms with E-state index in [1.807, 2.05) is 0 Å². The first-order valence-electron chi connectivity index (χ1n) is 2.65. The average molecular weight is 216 g/mol. The molecular weight excluding hydrogens is 211 g/mol. The minimum atomic E-state index is -5.34. The molecule has 0 aliphatic rings. The summed E-state index contributed by atoms with van der Waals surface area (Å²) < 4.78 is 77.1. The molecule has 0 heterocycles. The van der Waals surface area contributed by atoms with E-state index < -0.39 is 27.7 Å². The summed E-state index contributed by atoms with van der Waals surface area (Å²) in [6, 6.07) is 0. The van der Waals surface area contributed by atoms with Crippen LogP contribution in [-0.4, -0.2) is 30.6 Å². The molecule has 0 saturated carbocycles. The Morgan fingerprint density at radius 2 is 1.54 bits per heavy atom. The Bertz CT molecular complexity index is 257. The largest absolute Gasteiger partial charge is 1.00 e. The topological polar surface area (TPSA) is 57.2 Å². The molecule has 9 heteroatoms. The van der Waals surface area contributed by atoms with Crippen LogP contribution in [0.2, 0.25) is 0 Å². The van der Waals surface area contributed by atoms with Crippen LogP contribution in [0.1, 0.15) is 6.92 Å². The fourth-order valence-corrected chi connectivity index (χ4v) is 1.05. The molecule has 0 fully saturated rings. The van der Waals surface area contributed by atoms with Gasteiger partial charge in [-0.1, -0.05) is 0 Å². The third-order valence-corrected chi connectivity index (χ3v) is 1.72. The standard InChI is InChI=1S/C4H6F4O3S.Li/c1-3(5,6)4(7,8)2-12(9,10)11;/h2H2,1H3,(H,9,10,11);/q;+1/p-1. The van der Waals surface area contributed by atoms with Gasteiger partial charge in [0.05, 0.1) is 0 Å². The summed E-state index contributed by atoms with van der Waals surface area (Å²) in [6.45, 7) is -0.155. The smallest absolute Gasteiger partial charge is 0.748 e. The summed E-state index contributed by atoms with van der Waals surface area (Å²) in [5, 5.41) is 0. The van der Waals surface area contributed by atoms with Gasteiger partial charge in [-0.05, 0) is 0 Å². The molecule has 74 valence electrons. The van der Waals surface area contributed by atoms with Crippen LogP contribution in [0, 0.1) is 0 Å². The van der Waals surface area contributed by atoms with Gasteiger partial charge in [0.15, 0.2) is 0 Å². The van der Waals surface area contributed by atoms with Crippen LogP contribution in [0.25, 0.3) is 0 Å². The maximum atomic E-state index is 12.1. The normalized spacial score (nSPS) is 13.7. The molecular formula is C4H5F4LiO3S. The van der Waals surface area contributed by atoms with Crippen LogP contribution in [0.4, 0.5) is 17.6 Å². The Kier molecular flexibility index (Phi) is 5.03. The fraction of sp³-hybridized carbons (Fsp3) is 1.00. The number of alkyl halides is 4. The fourth-order valence-electron chi connectivity index (χ4n) is 0.349. The predicted molar refractivity (Wildman–Crippen MR) is 30.1 cm³/mol. The first-order chi connectivity index (χ1) is 4.96. The predicted octanol–water partition coefficient (Wildman–Crippen LogP) is -2.17. The van der Waals surface area contributed by atoms with Crippen LogP contribution in [0.5, 0.6) is 0 Å². The van der Waals surface area contributed by atoms with E-state index in [1.54, 1.807) is 0 Å². The van der Waals surface area contributed by atoms with Crippen molar-refractivity contribution in [1.82, 2.24) is 0 Å². The number of halogens is 4. The molecule has 0 aliphatic heterocycles. The zero-order chi connectivity index (χ0) is 10.2. The average Bonchev–Trinajstić information content (AvgIpc) is 1.52. The van der Waals surface area contributed by atoms with Gasteiger partial charge in [-0.3, -0.25) is 0 Å². The summed E-state index contributed by atoms with van der Waals surface area (Å²) in [7, 11) is -5.34. The van der Waals surface area contributed by atoms with Crippen molar-refractivity contribution in [2.75, 3.05) is 5.75 Å². The molecule has 0 unspecified atom stereocenters. The van der Waals surface area contributed by atoms with Crippen molar-refractivity contribution >= 4 is 10.1 Å². The molecule has 0 saturated heterocycles. The van der Waals surface area contributed by atoms with Crippen molar-refractivity contribution in [2.24, 2.45) is 0 Å². The Hall–Kier alpha value is 0.227. The van der Waals surface area contributed by atoms with Crippen molar-refractivity contribution in [3.05, 3.63) is 0 Å². The zero-order valence-corrected chi connectivity index (χ0v) is 7.67. The minimum absolute atomic E-state index is 0. The maximum absolute atomic E-state index is 12.1. The van der Waals surface area contributed by atoms with Gasteiger partial charge in [0.2, 0.25) is 0 Å². The molecule has 0 rings (SSSR count). The summed E-state index contributed by atoms with van der Waals surface area (Å²) in [4.78, 5) is 0. The van der Waals surface area contributed by atoms with E-state index in [0.717, 1.165) is 0 Å². The summed E-state index contributed by atoms with van der Waals surface area (Å²) >= 11 is 0. The van der Waals surface area contributed by atoms with Crippen molar-refractivity contribution in [2.45, 2.75) is 18.8 Å². The molecule has 0 aromatic rings. The molecule has 0 aliphatic carbocycles. The summed E-state index contributed by atoms with van der Waals surface area (Å²) in [6.07, 6.45) is 0. The third kappa shape index (κ3) is 5.52. The zero-order valence-electron chi connectivity index (χ0n) is 6.85. The Morgan fingerprint density at radius 1 is 1.23 bits per heavy atom. The van der Waals surface area contributed by atoms with Gasteiger partial charge in [0.1, 0.15) is 15.9 Å². The van der Waals surface area contributed by atoms with Crippen LogP contribution in [-0.2, 0) is 10.1 Å². The molecule has 0 aromatic heterocycles. The quantitative estimate of drug-likeness (QED) is 0.306. The molecule has 0 aromatic carbocycles. The Labute approximate surface area is 84.4 Å². The van der Waals surface area contributed by atoms with Crippen LogP contribution >= 0.6 is 0 Å². The van der Waals surface area contributed by atoms with E-state index in [4.69, 9.17) is 0 Å². The van der Waals surface area contributed by atoms with Crippen LogP contribution in [0.15, 0.2) is 0 Å².